The number of hydrogen-bond donors (Lipinski definition) is 0. The van der Waals surface area contributed by atoms with Gasteiger partial charge in [-0.15, -0.1) is 5.10 Å². The third-order valence-electron chi connectivity index (χ3n) is 4.01. The molecule has 0 unspecified atom stereocenters. The second-order valence-corrected chi connectivity index (χ2v) is 6.58. The second kappa shape index (κ2) is 6.45. The maximum absolute atomic E-state index is 12.5. The highest BCUT2D eigenvalue weighted by Crippen LogP contribution is 2.27. The van der Waals surface area contributed by atoms with E-state index in [2.05, 4.69) is 20.5 Å². The molecule has 1 saturated heterocycles. The molecule has 10 heteroatoms. The number of benzene rings is 1. The molecule has 0 aliphatic carbocycles. The monoisotopic (exact) mass is 377 g/mol. The predicted octanol–water partition coefficient (Wildman–Crippen LogP) is 1.92. The minimum atomic E-state index is -0.112. The normalized spacial score (nSPS) is 14.6. The zero-order chi connectivity index (χ0) is 17.4. The van der Waals surface area contributed by atoms with E-state index in [1.807, 2.05) is 6.20 Å². The summed E-state index contributed by atoms with van der Waals surface area (Å²) in [6, 6.07) is 4.97. The largest absolute Gasteiger partial charge is 0.334 e. The van der Waals surface area contributed by atoms with Crippen molar-refractivity contribution in [3.8, 4) is 0 Å². The molecule has 2 aromatic heterocycles. The number of halogens is 2. The zero-order valence-corrected chi connectivity index (χ0v) is 14.5. The number of rotatable bonds is 4. The molecule has 0 radical (unpaired) electrons. The third kappa shape index (κ3) is 3.22. The van der Waals surface area contributed by atoms with E-state index in [1.165, 1.54) is 4.80 Å². The summed E-state index contributed by atoms with van der Waals surface area (Å²) in [7, 11) is 0. The average molecular weight is 378 g/mol. The molecule has 1 aromatic carbocycles. The van der Waals surface area contributed by atoms with Gasteiger partial charge in [0.15, 0.2) is 0 Å². The van der Waals surface area contributed by atoms with Gasteiger partial charge < -0.3 is 4.90 Å². The topological polar surface area (TPSA) is 81.7 Å². The summed E-state index contributed by atoms with van der Waals surface area (Å²) < 4.78 is 1.77. The van der Waals surface area contributed by atoms with Gasteiger partial charge in [-0.1, -0.05) is 28.4 Å². The molecule has 0 atom stereocenters. The van der Waals surface area contributed by atoms with Crippen LogP contribution in [-0.4, -0.2) is 53.9 Å². The van der Waals surface area contributed by atoms with Crippen molar-refractivity contribution in [3.63, 3.8) is 0 Å². The zero-order valence-electron chi connectivity index (χ0n) is 13.0. The van der Waals surface area contributed by atoms with Crippen molar-refractivity contribution in [2.45, 2.75) is 12.6 Å². The lowest BCUT2D eigenvalue weighted by molar-refractivity contribution is 0.0498. The molecule has 1 amide bonds. The molecule has 4 rings (SSSR count). The van der Waals surface area contributed by atoms with Crippen LogP contribution >= 0.6 is 23.2 Å². The van der Waals surface area contributed by atoms with Crippen LogP contribution in [0.15, 0.2) is 36.8 Å². The van der Waals surface area contributed by atoms with Crippen molar-refractivity contribution in [2.24, 2.45) is 0 Å². The van der Waals surface area contributed by atoms with Gasteiger partial charge >= 0.3 is 0 Å². The Labute approximate surface area is 152 Å². The summed E-state index contributed by atoms with van der Waals surface area (Å²) in [5.41, 5.74) is 1.22. The van der Waals surface area contributed by atoms with Gasteiger partial charge in [-0.05, 0) is 18.2 Å². The first kappa shape index (κ1) is 16.0. The molecule has 0 saturated carbocycles. The van der Waals surface area contributed by atoms with Gasteiger partial charge in [-0.3, -0.25) is 4.79 Å². The van der Waals surface area contributed by atoms with Crippen LogP contribution < -0.4 is 0 Å². The molecule has 1 aliphatic heterocycles. The van der Waals surface area contributed by atoms with Crippen LogP contribution in [0.2, 0.25) is 10.0 Å². The highest BCUT2D eigenvalue weighted by molar-refractivity contribution is 6.36. The van der Waals surface area contributed by atoms with Crippen molar-refractivity contribution in [1.82, 2.24) is 34.9 Å². The number of likely N-dealkylation sites (tertiary alicyclic amines) is 1. The average Bonchev–Trinajstić information content (AvgIpc) is 3.18. The fourth-order valence-electron chi connectivity index (χ4n) is 2.66. The van der Waals surface area contributed by atoms with Crippen LogP contribution in [0.5, 0.6) is 0 Å². The molecule has 25 heavy (non-hydrogen) atoms. The summed E-state index contributed by atoms with van der Waals surface area (Å²) in [6.07, 6.45) is 5.08. The molecule has 8 nitrogen and oxygen atoms in total. The maximum Gasteiger partial charge on any atom is 0.255 e. The molecule has 0 bridgehead atoms. The Morgan fingerprint density at radius 2 is 1.96 bits per heavy atom. The van der Waals surface area contributed by atoms with Crippen LogP contribution in [-0.2, 0) is 6.54 Å². The molecular weight excluding hydrogens is 365 g/mol. The Morgan fingerprint density at radius 1 is 1.20 bits per heavy atom. The molecule has 0 spiro atoms. The maximum atomic E-state index is 12.5. The summed E-state index contributed by atoms with van der Waals surface area (Å²) in [5, 5.41) is 17.2. The number of amides is 1. The van der Waals surface area contributed by atoms with E-state index in [0.29, 0.717) is 35.2 Å². The molecular formula is C15H13Cl2N7O. The molecule has 128 valence electrons. The predicted molar refractivity (Wildman–Crippen MR) is 90.5 cm³/mol. The van der Waals surface area contributed by atoms with Crippen LogP contribution in [0.4, 0.5) is 0 Å². The summed E-state index contributed by atoms with van der Waals surface area (Å²) in [4.78, 5) is 15.7. The van der Waals surface area contributed by atoms with Crippen LogP contribution in [0.3, 0.4) is 0 Å². The summed E-state index contributed by atoms with van der Waals surface area (Å²) >= 11 is 12.0. The summed E-state index contributed by atoms with van der Waals surface area (Å²) in [5.74, 6) is -0.112. The first-order valence-electron chi connectivity index (χ1n) is 7.59. The van der Waals surface area contributed by atoms with E-state index in [0.717, 1.165) is 5.69 Å². The number of hydrogen-bond acceptors (Lipinski definition) is 5. The van der Waals surface area contributed by atoms with E-state index in [-0.39, 0.29) is 11.9 Å². The number of nitrogens with zero attached hydrogens (tertiary/aromatic N) is 7. The van der Waals surface area contributed by atoms with Crippen LogP contribution in [0, 0.1) is 0 Å². The third-order valence-corrected chi connectivity index (χ3v) is 4.56. The van der Waals surface area contributed by atoms with E-state index < -0.39 is 0 Å². The van der Waals surface area contributed by atoms with Crippen molar-refractivity contribution >= 4 is 29.1 Å². The number of carbonyl (C=O) groups is 1. The Hall–Kier alpha value is -2.45. The Bertz CT molecular complexity index is 903. The fourth-order valence-corrected chi connectivity index (χ4v) is 3.15. The second-order valence-electron chi connectivity index (χ2n) is 5.74. The van der Waals surface area contributed by atoms with Gasteiger partial charge in [0.05, 0.1) is 35.2 Å². The lowest BCUT2D eigenvalue weighted by Gasteiger charge is -2.39. The Morgan fingerprint density at radius 3 is 2.68 bits per heavy atom. The summed E-state index contributed by atoms with van der Waals surface area (Å²) in [6.45, 7) is 1.57. The molecule has 3 heterocycles. The van der Waals surface area contributed by atoms with E-state index in [9.17, 15) is 4.79 Å². The molecule has 1 fully saturated rings. The smallest absolute Gasteiger partial charge is 0.255 e. The minimum Gasteiger partial charge on any atom is -0.334 e. The van der Waals surface area contributed by atoms with E-state index in [4.69, 9.17) is 23.2 Å². The van der Waals surface area contributed by atoms with E-state index in [1.54, 1.807) is 40.2 Å². The van der Waals surface area contributed by atoms with Gasteiger partial charge in [-0.2, -0.15) is 15.0 Å². The molecule has 0 N–H and O–H groups in total. The van der Waals surface area contributed by atoms with Gasteiger partial charge in [0, 0.05) is 18.1 Å². The fraction of sp³-hybridized carbons (Fsp3) is 0.267. The minimum absolute atomic E-state index is 0.0989. The Balaban J connectivity index is 1.38. The van der Waals surface area contributed by atoms with Crippen molar-refractivity contribution in [3.05, 3.63) is 58.1 Å². The van der Waals surface area contributed by atoms with E-state index >= 15 is 0 Å². The van der Waals surface area contributed by atoms with Gasteiger partial charge in [0.1, 0.15) is 12.2 Å². The van der Waals surface area contributed by atoms with Crippen LogP contribution in [0.1, 0.15) is 22.1 Å². The van der Waals surface area contributed by atoms with Gasteiger partial charge in [0.25, 0.3) is 5.91 Å². The Kier molecular flexibility index (Phi) is 4.14. The molecule has 3 aromatic rings. The highest BCUT2D eigenvalue weighted by atomic mass is 35.5. The first-order chi connectivity index (χ1) is 12.1. The lowest BCUT2D eigenvalue weighted by atomic mass is 10.1. The van der Waals surface area contributed by atoms with Crippen molar-refractivity contribution in [2.75, 3.05) is 13.1 Å². The van der Waals surface area contributed by atoms with Gasteiger partial charge in [0.2, 0.25) is 0 Å². The SMILES string of the molecule is O=C(c1ccc(Cl)cc1Cl)N1CC(n2cc(Cn3nccn3)nn2)C1. The standard InChI is InChI=1S/C15H13Cl2N7O/c16-10-1-2-13(14(17)5-10)15(25)22-8-12(9-22)23-6-11(20-21-23)7-24-18-3-4-19-24/h1-6,12H,7-9H2. The first-order valence-corrected chi connectivity index (χ1v) is 8.35. The van der Waals surface area contributed by atoms with Crippen molar-refractivity contribution in [1.29, 1.82) is 0 Å². The van der Waals surface area contributed by atoms with Crippen molar-refractivity contribution < 1.29 is 4.79 Å². The molecule has 1 aliphatic rings. The van der Waals surface area contributed by atoms with Gasteiger partial charge in [-0.25, -0.2) is 4.68 Å². The quantitative estimate of drug-likeness (QED) is 0.693. The highest BCUT2D eigenvalue weighted by Gasteiger charge is 2.34. The lowest BCUT2D eigenvalue weighted by Crippen LogP contribution is -2.51. The number of aromatic nitrogens is 6. The number of carbonyl (C=O) groups excluding carboxylic acids is 1. The van der Waals surface area contributed by atoms with Crippen LogP contribution in [0.25, 0.3) is 0 Å².